The smallest absolute Gasteiger partial charge is 0.183 e. The molecule has 2 heterocycles. The van der Waals surface area contributed by atoms with Gasteiger partial charge in [0.2, 0.25) is 0 Å². The maximum Gasteiger partial charge on any atom is 0.183 e. The molecule has 0 unspecified atom stereocenters. The fourth-order valence-electron chi connectivity index (χ4n) is 1.22. The number of hydrogen-bond donors (Lipinski definition) is 3. The molecule has 1 aromatic rings. The molecular formula is C7H7NO3. The zero-order chi connectivity index (χ0) is 8.01. The molecular weight excluding hydrogens is 146 g/mol. The zero-order valence-corrected chi connectivity index (χ0v) is 5.65. The quantitative estimate of drug-likeness (QED) is 0.520. The number of rotatable bonds is 0. The second-order valence-corrected chi connectivity index (χ2v) is 2.47. The van der Waals surface area contributed by atoms with Crippen molar-refractivity contribution in [2.24, 2.45) is 0 Å². The van der Waals surface area contributed by atoms with Gasteiger partial charge < -0.3 is 19.9 Å². The van der Waals surface area contributed by atoms with Gasteiger partial charge in [0.05, 0.1) is 6.54 Å². The predicted molar refractivity (Wildman–Crippen MR) is 38.3 cm³/mol. The van der Waals surface area contributed by atoms with Crippen molar-refractivity contribution in [3.63, 3.8) is 0 Å². The molecule has 3 N–H and O–H groups in total. The largest absolute Gasteiger partial charge is 0.507 e. The summed E-state index contributed by atoms with van der Waals surface area (Å²) in [6, 6.07) is 1.47. The van der Waals surface area contributed by atoms with Crippen LogP contribution >= 0.6 is 0 Å². The highest BCUT2D eigenvalue weighted by molar-refractivity contribution is 5.66. The molecule has 1 aromatic heterocycles. The van der Waals surface area contributed by atoms with Crippen molar-refractivity contribution in [2.75, 3.05) is 0 Å². The highest BCUT2D eigenvalue weighted by atomic mass is 16.3. The van der Waals surface area contributed by atoms with Gasteiger partial charge in [-0.15, -0.1) is 0 Å². The molecule has 0 saturated heterocycles. The van der Waals surface area contributed by atoms with Crippen molar-refractivity contribution in [3.05, 3.63) is 23.7 Å². The fraction of sp³-hybridized carbons (Fsp3) is 0.143. The van der Waals surface area contributed by atoms with E-state index in [1.807, 2.05) is 0 Å². The van der Waals surface area contributed by atoms with Crippen LogP contribution in [-0.2, 0) is 6.54 Å². The average Bonchev–Trinajstić information content (AvgIpc) is 2.41. The van der Waals surface area contributed by atoms with Gasteiger partial charge in [-0.1, -0.05) is 0 Å². The van der Waals surface area contributed by atoms with Gasteiger partial charge in [0, 0.05) is 6.20 Å². The van der Waals surface area contributed by atoms with E-state index >= 15 is 0 Å². The summed E-state index contributed by atoms with van der Waals surface area (Å²) in [6.07, 6.45) is 1.60. The minimum absolute atomic E-state index is 0.00782. The molecule has 0 atom stereocenters. The van der Waals surface area contributed by atoms with Gasteiger partial charge in [-0.05, 0) is 6.07 Å². The van der Waals surface area contributed by atoms with Crippen LogP contribution in [0.4, 0.5) is 0 Å². The maximum absolute atomic E-state index is 9.17. The lowest BCUT2D eigenvalue weighted by Crippen LogP contribution is -1.91. The zero-order valence-electron chi connectivity index (χ0n) is 5.65. The Kier molecular flexibility index (Phi) is 0.961. The van der Waals surface area contributed by atoms with Crippen LogP contribution in [0, 0.1) is 0 Å². The van der Waals surface area contributed by atoms with Crippen LogP contribution in [0.2, 0.25) is 0 Å². The van der Waals surface area contributed by atoms with Crippen molar-refractivity contribution in [2.45, 2.75) is 6.54 Å². The molecule has 0 saturated carbocycles. The van der Waals surface area contributed by atoms with Gasteiger partial charge in [0.15, 0.2) is 11.5 Å². The Morgan fingerprint density at radius 1 is 1.27 bits per heavy atom. The Morgan fingerprint density at radius 2 is 2.00 bits per heavy atom. The monoisotopic (exact) mass is 153 g/mol. The van der Waals surface area contributed by atoms with Crippen molar-refractivity contribution < 1.29 is 15.3 Å². The Morgan fingerprint density at radius 3 is 2.64 bits per heavy atom. The summed E-state index contributed by atoms with van der Waals surface area (Å²) in [5, 5.41) is 27.3. The molecule has 0 fully saturated rings. The van der Waals surface area contributed by atoms with E-state index in [1.54, 1.807) is 10.8 Å². The van der Waals surface area contributed by atoms with Gasteiger partial charge in [0.25, 0.3) is 0 Å². The minimum atomic E-state index is -0.229. The predicted octanol–water partition coefficient (Wildman–Crippen LogP) is 0.992. The second kappa shape index (κ2) is 1.72. The first-order chi connectivity index (χ1) is 5.20. The van der Waals surface area contributed by atoms with E-state index < -0.39 is 0 Å². The lowest BCUT2D eigenvalue weighted by Gasteiger charge is -1.94. The number of aromatic nitrogens is 1. The van der Waals surface area contributed by atoms with Gasteiger partial charge in [-0.2, -0.15) is 0 Å². The second-order valence-electron chi connectivity index (χ2n) is 2.47. The normalized spacial score (nSPS) is 15.6. The molecule has 0 bridgehead atoms. The molecule has 0 aliphatic carbocycles. The van der Waals surface area contributed by atoms with E-state index in [0.29, 0.717) is 5.69 Å². The number of aliphatic hydroxyl groups excluding tert-OH is 2. The van der Waals surface area contributed by atoms with E-state index in [1.165, 1.54) is 6.07 Å². The summed E-state index contributed by atoms with van der Waals surface area (Å²) >= 11 is 0. The van der Waals surface area contributed by atoms with Crippen molar-refractivity contribution in [1.29, 1.82) is 0 Å². The van der Waals surface area contributed by atoms with E-state index in [4.69, 9.17) is 15.3 Å². The Bertz CT molecular complexity index is 337. The van der Waals surface area contributed by atoms with Crippen LogP contribution in [0.3, 0.4) is 0 Å². The van der Waals surface area contributed by atoms with Crippen LogP contribution in [0.15, 0.2) is 18.0 Å². The summed E-state index contributed by atoms with van der Waals surface area (Å²) in [5.41, 5.74) is 0.294. The third-order valence-electron chi connectivity index (χ3n) is 1.76. The SMILES string of the molecule is OC1=C(O)c2c(O)ccn2C1. The number of fused-ring (bicyclic) bond motifs is 1. The molecule has 4 nitrogen and oxygen atoms in total. The summed E-state index contributed by atoms with van der Waals surface area (Å²) in [6.45, 7) is 0.238. The third-order valence-corrected chi connectivity index (χ3v) is 1.76. The fourth-order valence-corrected chi connectivity index (χ4v) is 1.22. The number of hydrogen-bond acceptors (Lipinski definition) is 3. The van der Waals surface area contributed by atoms with Gasteiger partial charge >= 0.3 is 0 Å². The first-order valence-corrected chi connectivity index (χ1v) is 3.19. The topological polar surface area (TPSA) is 65.6 Å². The van der Waals surface area contributed by atoms with Crippen LogP contribution in [-0.4, -0.2) is 19.9 Å². The van der Waals surface area contributed by atoms with Crippen LogP contribution < -0.4 is 0 Å². The third kappa shape index (κ3) is 0.633. The average molecular weight is 153 g/mol. The molecule has 11 heavy (non-hydrogen) atoms. The Labute approximate surface area is 62.6 Å². The Balaban J connectivity index is 2.65. The molecule has 58 valence electrons. The van der Waals surface area contributed by atoms with Crippen molar-refractivity contribution in [1.82, 2.24) is 4.57 Å². The minimum Gasteiger partial charge on any atom is -0.507 e. The first-order valence-electron chi connectivity index (χ1n) is 3.19. The lowest BCUT2D eigenvalue weighted by molar-refractivity contribution is 0.367. The Hall–Kier alpha value is -1.58. The summed E-state index contributed by atoms with van der Waals surface area (Å²) in [7, 11) is 0. The molecule has 0 aromatic carbocycles. The molecule has 0 radical (unpaired) electrons. The summed E-state index contributed by atoms with van der Waals surface area (Å²) in [4.78, 5) is 0. The van der Waals surface area contributed by atoms with E-state index in [9.17, 15) is 0 Å². The number of aromatic hydroxyl groups is 1. The highest BCUT2D eigenvalue weighted by Crippen LogP contribution is 2.31. The molecule has 4 heteroatoms. The van der Waals surface area contributed by atoms with Crippen LogP contribution in [0.5, 0.6) is 5.75 Å². The standard InChI is InChI=1S/C7H7NO3/c9-4-1-2-8-3-5(10)7(11)6(4)8/h1-2,9-11H,3H2. The lowest BCUT2D eigenvalue weighted by atomic mass is 10.3. The van der Waals surface area contributed by atoms with Crippen molar-refractivity contribution in [3.8, 4) is 5.75 Å². The van der Waals surface area contributed by atoms with Gasteiger partial charge in [0.1, 0.15) is 11.4 Å². The van der Waals surface area contributed by atoms with E-state index in [-0.39, 0.29) is 23.8 Å². The van der Waals surface area contributed by atoms with Crippen molar-refractivity contribution >= 4 is 5.76 Å². The molecule has 1 aliphatic heterocycles. The summed E-state index contributed by atoms with van der Waals surface area (Å²) in [5.74, 6) is -0.338. The van der Waals surface area contributed by atoms with E-state index in [2.05, 4.69) is 0 Å². The van der Waals surface area contributed by atoms with Gasteiger partial charge in [-0.25, -0.2) is 0 Å². The number of aliphatic hydroxyl groups is 2. The summed E-state index contributed by atoms with van der Waals surface area (Å²) < 4.78 is 1.57. The maximum atomic E-state index is 9.17. The number of nitrogens with zero attached hydrogens (tertiary/aromatic N) is 1. The molecule has 1 aliphatic rings. The van der Waals surface area contributed by atoms with Gasteiger partial charge in [-0.3, -0.25) is 0 Å². The van der Waals surface area contributed by atoms with E-state index in [0.717, 1.165) is 0 Å². The first kappa shape index (κ1) is 6.15. The van der Waals surface area contributed by atoms with Crippen LogP contribution in [0.25, 0.3) is 5.76 Å². The molecule has 2 rings (SSSR count). The molecule has 0 amide bonds. The van der Waals surface area contributed by atoms with Crippen LogP contribution in [0.1, 0.15) is 5.69 Å². The molecule has 0 spiro atoms. The number of allylic oxidation sites excluding steroid dienone is 1. The highest BCUT2D eigenvalue weighted by Gasteiger charge is 2.23.